The van der Waals surface area contributed by atoms with Gasteiger partial charge in [-0.25, -0.2) is 0 Å². The molecule has 0 N–H and O–H groups in total. The lowest BCUT2D eigenvalue weighted by Gasteiger charge is -2.47. The summed E-state index contributed by atoms with van der Waals surface area (Å²) in [5.41, 5.74) is -0.646. The first-order valence-electron chi connectivity index (χ1n) is 7.09. The Morgan fingerprint density at radius 1 is 1.35 bits per heavy atom. The quantitative estimate of drug-likeness (QED) is 0.590. The summed E-state index contributed by atoms with van der Waals surface area (Å²) in [6.45, 7) is 16.2. The SMILES string of the molecule is CC(=O)O[C@H]1[C@H](C)OC=C[C@]1(C)O[Si](C)(C)C(C)(C)C. The van der Waals surface area contributed by atoms with Crippen molar-refractivity contribution in [3.63, 3.8) is 0 Å². The van der Waals surface area contributed by atoms with Gasteiger partial charge >= 0.3 is 5.97 Å². The molecule has 116 valence electrons. The highest BCUT2D eigenvalue weighted by atomic mass is 28.4. The second kappa shape index (κ2) is 5.52. The average molecular weight is 300 g/mol. The van der Waals surface area contributed by atoms with E-state index in [1.54, 1.807) is 6.26 Å². The highest BCUT2D eigenvalue weighted by Crippen LogP contribution is 2.42. The Hall–Kier alpha value is -0.813. The van der Waals surface area contributed by atoms with Crippen LogP contribution in [0.15, 0.2) is 12.3 Å². The van der Waals surface area contributed by atoms with E-state index in [4.69, 9.17) is 13.9 Å². The van der Waals surface area contributed by atoms with Gasteiger partial charge in [0.25, 0.3) is 0 Å². The number of carbonyl (C=O) groups is 1. The van der Waals surface area contributed by atoms with Gasteiger partial charge in [-0.15, -0.1) is 0 Å². The number of carbonyl (C=O) groups excluding carboxylic acids is 1. The van der Waals surface area contributed by atoms with Crippen molar-refractivity contribution in [1.29, 1.82) is 0 Å². The average Bonchev–Trinajstić information content (AvgIpc) is 2.21. The maximum atomic E-state index is 11.4. The molecule has 0 aromatic carbocycles. The molecule has 3 atom stereocenters. The summed E-state index contributed by atoms with van der Waals surface area (Å²) in [6.07, 6.45) is 2.86. The van der Waals surface area contributed by atoms with E-state index in [1.165, 1.54) is 6.92 Å². The molecule has 0 fully saturated rings. The third-order valence-corrected chi connectivity index (χ3v) is 8.82. The van der Waals surface area contributed by atoms with E-state index in [1.807, 2.05) is 19.9 Å². The van der Waals surface area contributed by atoms with Gasteiger partial charge < -0.3 is 13.9 Å². The van der Waals surface area contributed by atoms with E-state index < -0.39 is 20.0 Å². The molecule has 1 aliphatic rings. The molecule has 0 saturated carbocycles. The van der Waals surface area contributed by atoms with Crippen LogP contribution < -0.4 is 0 Å². The van der Waals surface area contributed by atoms with Crippen molar-refractivity contribution in [2.24, 2.45) is 0 Å². The van der Waals surface area contributed by atoms with Crippen LogP contribution in [0.3, 0.4) is 0 Å². The fourth-order valence-corrected chi connectivity index (χ4v) is 3.71. The largest absolute Gasteiger partial charge is 0.495 e. The summed E-state index contributed by atoms with van der Waals surface area (Å²) in [7, 11) is -1.99. The molecular formula is C15H28O4Si. The van der Waals surface area contributed by atoms with Gasteiger partial charge in [0.2, 0.25) is 0 Å². The molecule has 1 heterocycles. The summed E-state index contributed by atoms with van der Waals surface area (Å²) >= 11 is 0. The molecule has 1 aliphatic heterocycles. The number of hydrogen-bond donors (Lipinski definition) is 0. The first-order valence-corrected chi connectivity index (χ1v) is 10.0. The molecule has 0 radical (unpaired) electrons. The Balaban J connectivity index is 3.06. The molecule has 0 spiro atoms. The van der Waals surface area contributed by atoms with Crippen LogP contribution in [-0.2, 0) is 18.7 Å². The summed E-state index contributed by atoms with van der Waals surface area (Å²) in [5.74, 6) is -0.314. The first-order chi connectivity index (χ1) is 8.89. The van der Waals surface area contributed by atoms with Crippen molar-refractivity contribution in [3.05, 3.63) is 12.3 Å². The molecule has 0 unspecified atom stereocenters. The zero-order valence-corrected chi connectivity index (χ0v) is 14.9. The standard InChI is InChI=1S/C15H28O4Si/c1-11-13(18-12(2)16)15(6,9-10-17-11)19-20(7,8)14(3,4)5/h9-11,13H,1-8H3/t11-,13-,15-/m0/s1. The van der Waals surface area contributed by atoms with E-state index >= 15 is 0 Å². The molecule has 20 heavy (non-hydrogen) atoms. The zero-order valence-electron chi connectivity index (χ0n) is 13.9. The molecule has 0 saturated heterocycles. The van der Waals surface area contributed by atoms with E-state index in [0.717, 1.165) is 0 Å². The normalized spacial score (nSPS) is 30.8. The highest BCUT2D eigenvalue weighted by Gasteiger charge is 2.49. The van der Waals surface area contributed by atoms with Crippen molar-refractivity contribution in [2.75, 3.05) is 0 Å². The topological polar surface area (TPSA) is 44.8 Å². The van der Waals surface area contributed by atoms with E-state index in [9.17, 15) is 4.79 Å². The predicted molar refractivity (Wildman–Crippen MR) is 81.9 cm³/mol. The maximum Gasteiger partial charge on any atom is 0.303 e. The van der Waals surface area contributed by atoms with Crippen LogP contribution in [0.2, 0.25) is 18.1 Å². The monoisotopic (exact) mass is 300 g/mol. The van der Waals surface area contributed by atoms with Crippen molar-refractivity contribution < 1.29 is 18.7 Å². The van der Waals surface area contributed by atoms with Crippen LogP contribution in [-0.4, -0.2) is 32.1 Å². The Bertz CT molecular complexity index is 397. The van der Waals surface area contributed by atoms with Crippen LogP contribution in [0.25, 0.3) is 0 Å². The first kappa shape index (κ1) is 17.2. The van der Waals surface area contributed by atoms with Crippen LogP contribution in [0.1, 0.15) is 41.5 Å². The molecule has 0 aliphatic carbocycles. The predicted octanol–water partition coefficient (Wildman–Crippen LogP) is 3.63. The molecule has 0 aromatic heterocycles. The van der Waals surface area contributed by atoms with E-state index in [0.29, 0.717) is 0 Å². The van der Waals surface area contributed by atoms with Gasteiger partial charge in [0.1, 0.15) is 11.7 Å². The van der Waals surface area contributed by atoms with Gasteiger partial charge in [-0.2, -0.15) is 0 Å². The third-order valence-electron chi connectivity index (χ3n) is 4.26. The highest BCUT2D eigenvalue weighted by molar-refractivity contribution is 6.74. The van der Waals surface area contributed by atoms with Gasteiger partial charge in [-0.05, 0) is 38.1 Å². The van der Waals surface area contributed by atoms with E-state index in [2.05, 4.69) is 33.9 Å². The van der Waals surface area contributed by atoms with Crippen molar-refractivity contribution in [2.45, 2.75) is 77.5 Å². The number of ether oxygens (including phenoxy) is 2. The van der Waals surface area contributed by atoms with Crippen LogP contribution in [0.4, 0.5) is 0 Å². The Morgan fingerprint density at radius 3 is 2.35 bits per heavy atom. The fourth-order valence-electron chi connectivity index (χ4n) is 2.12. The molecular weight excluding hydrogens is 272 g/mol. The second-order valence-corrected chi connectivity index (χ2v) is 11.9. The number of hydrogen-bond acceptors (Lipinski definition) is 4. The van der Waals surface area contributed by atoms with Gasteiger partial charge in [0.05, 0.1) is 6.26 Å². The number of rotatable bonds is 3. The lowest BCUT2D eigenvalue weighted by molar-refractivity contribution is -0.170. The lowest BCUT2D eigenvalue weighted by atomic mass is 9.93. The van der Waals surface area contributed by atoms with Gasteiger partial charge in [0.15, 0.2) is 14.4 Å². The fraction of sp³-hybridized carbons (Fsp3) is 0.800. The Labute approximate surface area is 123 Å². The van der Waals surface area contributed by atoms with Crippen LogP contribution in [0.5, 0.6) is 0 Å². The minimum Gasteiger partial charge on any atom is -0.495 e. The summed E-state index contributed by atoms with van der Waals surface area (Å²) in [6, 6.07) is 0. The van der Waals surface area contributed by atoms with Crippen LogP contribution >= 0.6 is 0 Å². The van der Waals surface area contributed by atoms with Crippen molar-refractivity contribution in [3.8, 4) is 0 Å². The lowest BCUT2D eigenvalue weighted by Crippen LogP contribution is -2.58. The molecule has 1 rings (SSSR count). The zero-order chi connectivity index (χ0) is 15.8. The molecule has 0 aromatic rings. The molecule has 5 heteroatoms. The number of esters is 1. The maximum absolute atomic E-state index is 11.4. The third kappa shape index (κ3) is 3.64. The van der Waals surface area contributed by atoms with Gasteiger partial charge in [-0.1, -0.05) is 20.8 Å². The molecule has 4 nitrogen and oxygen atoms in total. The summed E-state index contributed by atoms with van der Waals surface area (Å²) in [5, 5.41) is 0.0895. The Kier molecular flexibility index (Phi) is 4.76. The van der Waals surface area contributed by atoms with E-state index in [-0.39, 0.29) is 17.1 Å². The molecule has 0 amide bonds. The van der Waals surface area contributed by atoms with Gasteiger partial charge in [-0.3, -0.25) is 4.79 Å². The Morgan fingerprint density at radius 2 is 1.90 bits per heavy atom. The summed E-state index contributed by atoms with van der Waals surface area (Å²) in [4.78, 5) is 11.4. The molecule has 0 bridgehead atoms. The van der Waals surface area contributed by atoms with Gasteiger partial charge in [0, 0.05) is 6.92 Å². The van der Waals surface area contributed by atoms with Crippen molar-refractivity contribution >= 4 is 14.3 Å². The van der Waals surface area contributed by atoms with Crippen molar-refractivity contribution in [1.82, 2.24) is 0 Å². The second-order valence-electron chi connectivity index (χ2n) is 7.22. The van der Waals surface area contributed by atoms with Crippen LogP contribution in [0, 0.1) is 0 Å². The summed E-state index contributed by atoms with van der Waals surface area (Å²) < 4.78 is 17.4. The smallest absolute Gasteiger partial charge is 0.303 e. The minimum atomic E-state index is -1.99. The minimum absolute atomic E-state index is 0.0895.